The first-order valence-corrected chi connectivity index (χ1v) is 3.34. The van der Waals surface area contributed by atoms with Gasteiger partial charge in [0.05, 0.1) is 0 Å². The molecular weight excluding hydrogens is 144 g/mol. The number of aromatic nitrogens is 2. The van der Waals surface area contributed by atoms with Crippen molar-refractivity contribution in [3.05, 3.63) is 11.9 Å². The van der Waals surface area contributed by atoms with Crippen molar-refractivity contribution < 1.29 is 9.42 Å². The van der Waals surface area contributed by atoms with Crippen LogP contribution in [0.3, 0.4) is 0 Å². The normalized spacial score (nSPS) is 11.5. The minimum absolute atomic E-state index is 0.0567. The highest BCUT2D eigenvalue weighted by Gasteiger charge is 2.25. The summed E-state index contributed by atoms with van der Waals surface area (Å²) >= 11 is 0. The Hall–Kier alpha value is -1.19. The average Bonchev–Trinajstić information content (AvgIpc) is 2.34. The second-order valence-corrected chi connectivity index (χ2v) is 3.37. The van der Waals surface area contributed by atoms with Crippen LogP contribution < -0.4 is 0 Å². The van der Waals surface area contributed by atoms with Gasteiger partial charge >= 0.3 is 0 Å². The van der Waals surface area contributed by atoms with Gasteiger partial charge in [-0.25, -0.2) is 4.63 Å². The zero-order valence-corrected chi connectivity index (χ0v) is 6.79. The Kier molecular flexibility index (Phi) is 1.76. The molecule has 0 amide bonds. The van der Waals surface area contributed by atoms with Crippen molar-refractivity contribution in [2.75, 3.05) is 0 Å². The molecule has 0 saturated carbocycles. The number of ketones is 1. The lowest BCUT2D eigenvalue weighted by molar-refractivity contribution is 0.0848. The van der Waals surface area contributed by atoms with E-state index in [0.717, 1.165) is 0 Å². The van der Waals surface area contributed by atoms with Crippen LogP contribution in [0.25, 0.3) is 0 Å². The summed E-state index contributed by atoms with van der Waals surface area (Å²) in [6, 6.07) is 0. The first kappa shape index (κ1) is 7.91. The van der Waals surface area contributed by atoms with Crippen LogP contribution in [-0.4, -0.2) is 16.1 Å². The van der Waals surface area contributed by atoms with E-state index in [9.17, 15) is 4.79 Å². The molecule has 0 unspecified atom stereocenters. The molecular formula is C7H10N2O2. The fraction of sp³-hybridized carbons (Fsp3) is 0.571. The first-order chi connectivity index (χ1) is 5.02. The lowest BCUT2D eigenvalue weighted by Crippen LogP contribution is -2.20. The van der Waals surface area contributed by atoms with Crippen LogP contribution in [0.2, 0.25) is 0 Å². The second-order valence-electron chi connectivity index (χ2n) is 3.37. The van der Waals surface area contributed by atoms with Gasteiger partial charge in [-0.2, -0.15) is 0 Å². The Balaban J connectivity index is 2.88. The summed E-state index contributed by atoms with van der Waals surface area (Å²) in [7, 11) is 0. The summed E-state index contributed by atoms with van der Waals surface area (Å²) in [6.07, 6.45) is 1.33. The van der Waals surface area contributed by atoms with E-state index in [2.05, 4.69) is 14.9 Å². The highest BCUT2D eigenvalue weighted by atomic mass is 16.6. The largest absolute Gasteiger partial charge is 0.292 e. The third-order valence-corrected chi connectivity index (χ3v) is 1.28. The van der Waals surface area contributed by atoms with E-state index in [0.29, 0.717) is 0 Å². The maximum absolute atomic E-state index is 11.4. The number of nitrogens with zero attached hydrogens (tertiary/aromatic N) is 2. The van der Waals surface area contributed by atoms with Gasteiger partial charge in [0.25, 0.3) is 0 Å². The van der Waals surface area contributed by atoms with Gasteiger partial charge < -0.3 is 0 Å². The van der Waals surface area contributed by atoms with Crippen LogP contribution in [0.15, 0.2) is 10.8 Å². The summed E-state index contributed by atoms with van der Waals surface area (Å²) in [4.78, 5) is 11.4. The molecule has 0 aliphatic heterocycles. The topological polar surface area (TPSA) is 56.0 Å². The van der Waals surface area contributed by atoms with E-state index < -0.39 is 5.41 Å². The maximum Gasteiger partial charge on any atom is 0.191 e. The van der Waals surface area contributed by atoms with Gasteiger partial charge in [0.15, 0.2) is 11.5 Å². The van der Waals surface area contributed by atoms with E-state index >= 15 is 0 Å². The van der Waals surface area contributed by atoms with Crippen molar-refractivity contribution >= 4 is 5.78 Å². The number of rotatable bonds is 1. The Labute approximate surface area is 64.6 Å². The van der Waals surface area contributed by atoms with E-state index in [-0.39, 0.29) is 11.5 Å². The zero-order chi connectivity index (χ0) is 8.48. The van der Waals surface area contributed by atoms with Crippen molar-refractivity contribution in [3.8, 4) is 0 Å². The van der Waals surface area contributed by atoms with E-state index in [1.165, 1.54) is 6.20 Å². The van der Waals surface area contributed by atoms with Gasteiger partial charge in [0.2, 0.25) is 0 Å². The van der Waals surface area contributed by atoms with E-state index in [1.807, 2.05) is 20.8 Å². The van der Waals surface area contributed by atoms with Gasteiger partial charge in [-0.1, -0.05) is 25.9 Å². The molecule has 0 saturated heterocycles. The average molecular weight is 154 g/mol. The van der Waals surface area contributed by atoms with Crippen LogP contribution in [0.1, 0.15) is 31.3 Å². The minimum atomic E-state index is -0.418. The maximum atomic E-state index is 11.4. The van der Waals surface area contributed by atoms with E-state index in [1.54, 1.807) is 0 Å². The van der Waals surface area contributed by atoms with Gasteiger partial charge in [0, 0.05) is 5.41 Å². The summed E-state index contributed by atoms with van der Waals surface area (Å²) < 4.78 is 4.31. The smallest absolute Gasteiger partial charge is 0.191 e. The zero-order valence-electron chi connectivity index (χ0n) is 6.79. The summed E-state index contributed by atoms with van der Waals surface area (Å²) in [5.41, 5.74) is -0.129. The monoisotopic (exact) mass is 154 g/mol. The van der Waals surface area contributed by atoms with E-state index in [4.69, 9.17) is 0 Å². The van der Waals surface area contributed by atoms with Crippen LogP contribution in [0.5, 0.6) is 0 Å². The van der Waals surface area contributed by atoms with Gasteiger partial charge in [0.1, 0.15) is 6.20 Å². The Morgan fingerprint density at radius 3 is 2.55 bits per heavy atom. The minimum Gasteiger partial charge on any atom is -0.292 e. The Morgan fingerprint density at radius 1 is 1.55 bits per heavy atom. The third kappa shape index (κ3) is 1.63. The van der Waals surface area contributed by atoms with Crippen LogP contribution >= 0.6 is 0 Å². The summed E-state index contributed by atoms with van der Waals surface area (Å²) in [5, 5.41) is 6.80. The third-order valence-electron chi connectivity index (χ3n) is 1.28. The number of hydrogen-bond donors (Lipinski definition) is 0. The predicted octanol–water partition coefficient (Wildman–Crippen LogP) is 1.30. The molecule has 1 aromatic heterocycles. The standard InChI is InChI=1S/C7H10N2O2/c1-7(2,3)6(10)5-4-8-11-9-5/h4H,1-3H3. The fourth-order valence-corrected chi connectivity index (χ4v) is 0.649. The Bertz CT molecular complexity index is 246. The molecule has 4 nitrogen and oxygen atoms in total. The molecule has 0 spiro atoms. The van der Waals surface area contributed by atoms with Gasteiger partial charge in [-0.3, -0.25) is 4.79 Å². The summed E-state index contributed by atoms with van der Waals surface area (Å²) in [5.74, 6) is -0.0567. The number of carbonyl (C=O) groups is 1. The molecule has 0 aliphatic carbocycles. The highest BCUT2D eigenvalue weighted by molar-refractivity contribution is 5.97. The van der Waals surface area contributed by atoms with Crippen LogP contribution in [-0.2, 0) is 0 Å². The van der Waals surface area contributed by atoms with Crippen LogP contribution in [0, 0.1) is 5.41 Å². The molecule has 0 radical (unpaired) electrons. The van der Waals surface area contributed by atoms with Crippen molar-refractivity contribution in [1.82, 2.24) is 10.3 Å². The fourth-order valence-electron chi connectivity index (χ4n) is 0.649. The molecule has 0 atom stereocenters. The van der Waals surface area contributed by atoms with Crippen molar-refractivity contribution in [2.45, 2.75) is 20.8 Å². The SMILES string of the molecule is CC(C)(C)C(=O)c1cnon1. The molecule has 0 aliphatic rings. The van der Waals surface area contributed by atoms with Crippen molar-refractivity contribution in [2.24, 2.45) is 5.41 Å². The number of hydrogen-bond acceptors (Lipinski definition) is 4. The molecule has 0 aromatic carbocycles. The molecule has 1 heterocycles. The second kappa shape index (κ2) is 2.45. The van der Waals surface area contributed by atoms with Crippen LogP contribution in [0.4, 0.5) is 0 Å². The van der Waals surface area contributed by atoms with Crippen molar-refractivity contribution in [3.63, 3.8) is 0 Å². The molecule has 0 bridgehead atoms. The highest BCUT2D eigenvalue weighted by Crippen LogP contribution is 2.18. The predicted molar refractivity (Wildman–Crippen MR) is 38.1 cm³/mol. The van der Waals surface area contributed by atoms with Gasteiger partial charge in [-0.15, -0.1) is 0 Å². The lowest BCUT2D eigenvalue weighted by atomic mass is 9.89. The number of Topliss-reactive ketones (excluding diaryl/α,β-unsaturated/α-hetero) is 1. The van der Waals surface area contributed by atoms with Gasteiger partial charge in [-0.05, 0) is 5.16 Å². The molecule has 1 aromatic rings. The molecule has 1 rings (SSSR count). The Morgan fingerprint density at radius 2 is 2.18 bits per heavy atom. The van der Waals surface area contributed by atoms with Crippen molar-refractivity contribution in [1.29, 1.82) is 0 Å². The molecule has 0 fully saturated rings. The molecule has 0 N–H and O–H groups in total. The molecule has 11 heavy (non-hydrogen) atoms. The summed E-state index contributed by atoms with van der Waals surface area (Å²) in [6.45, 7) is 5.47. The molecule has 4 heteroatoms. The molecule has 60 valence electrons. The quantitative estimate of drug-likeness (QED) is 0.572. The lowest BCUT2D eigenvalue weighted by Gasteiger charge is -2.12. The number of carbonyl (C=O) groups excluding carboxylic acids is 1. The first-order valence-electron chi connectivity index (χ1n) is 3.34.